The van der Waals surface area contributed by atoms with Crippen LogP contribution in [-0.2, 0) is 4.79 Å². The van der Waals surface area contributed by atoms with E-state index in [9.17, 15) is 4.79 Å². The number of halogens is 2. The summed E-state index contributed by atoms with van der Waals surface area (Å²) >= 11 is 10.5. The highest BCUT2D eigenvalue weighted by atomic mass is 35.5. The van der Waals surface area contributed by atoms with Gasteiger partial charge in [0.1, 0.15) is 0 Å². The summed E-state index contributed by atoms with van der Waals surface area (Å²) < 4.78 is 0. The van der Waals surface area contributed by atoms with Gasteiger partial charge in [-0.2, -0.15) is 0 Å². The average Bonchev–Trinajstić information content (AvgIpc) is 1.87. The molecule has 0 aliphatic heterocycles. The Kier molecular flexibility index (Phi) is 4.49. The molecule has 0 aromatic carbocycles. The highest BCUT2D eigenvalue weighted by Gasteiger charge is 2.15. The maximum atomic E-state index is 10.8. The van der Waals surface area contributed by atoms with Crippen LogP contribution in [0.4, 0.5) is 0 Å². The van der Waals surface area contributed by atoms with E-state index in [2.05, 4.69) is 11.9 Å². The predicted molar refractivity (Wildman–Crippen MR) is 44.5 cm³/mol. The SMILES string of the molecule is C=C(C)C(=O)N[C@H](O)C(Cl)Cl. The quantitative estimate of drug-likeness (QED) is 0.400. The molecule has 0 rings (SSSR count). The molecule has 0 fully saturated rings. The zero-order valence-electron chi connectivity index (χ0n) is 5.97. The van der Waals surface area contributed by atoms with Gasteiger partial charge in [-0.15, -0.1) is 23.2 Å². The van der Waals surface area contributed by atoms with E-state index in [1.54, 1.807) is 0 Å². The smallest absolute Gasteiger partial charge is 0.248 e. The van der Waals surface area contributed by atoms with E-state index in [0.29, 0.717) is 0 Å². The Hall–Kier alpha value is -0.250. The molecule has 0 saturated carbocycles. The summed E-state index contributed by atoms with van der Waals surface area (Å²) in [6, 6.07) is 0. The molecule has 1 atom stereocenters. The molecular formula is C6H9Cl2NO2. The Labute approximate surface area is 75.0 Å². The van der Waals surface area contributed by atoms with Gasteiger partial charge in [-0.3, -0.25) is 4.79 Å². The van der Waals surface area contributed by atoms with Crippen molar-refractivity contribution in [3.8, 4) is 0 Å². The van der Waals surface area contributed by atoms with Crippen LogP contribution in [0.2, 0.25) is 0 Å². The minimum Gasteiger partial charge on any atom is -0.371 e. The lowest BCUT2D eigenvalue weighted by molar-refractivity contribution is -0.120. The van der Waals surface area contributed by atoms with Gasteiger partial charge >= 0.3 is 0 Å². The highest BCUT2D eigenvalue weighted by Crippen LogP contribution is 2.05. The number of hydrogen-bond donors (Lipinski definition) is 2. The largest absolute Gasteiger partial charge is 0.371 e. The summed E-state index contributed by atoms with van der Waals surface area (Å²) in [5, 5.41) is 11.0. The molecule has 2 N–H and O–H groups in total. The van der Waals surface area contributed by atoms with Crippen molar-refractivity contribution in [2.75, 3.05) is 0 Å². The fraction of sp³-hybridized carbons (Fsp3) is 0.500. The number of rotatable bonds is 3. The Balaban J connectivity index is 3.85. The van der Waals surface area contributed by atoms with E-state index >= 15 is 0 Å². The van der Waals surface area contributed by atoms with Crippen LogP contribution in [0.5, 0.6) is 0 Å². The monoisotopic (exact) mass is 197 g/mol. The summed E-state index contributed by atoms with van der Waals surface area (Å²) in [6.07, 6.45) is -1.25. The summed E-state index contributed by atoms with van der Waals surface area (Å²) in [5.41, 5.74) is 0.290. The number of aliphatic hydroxyl groups is 1. The highest BCUT2D eigenvalue weighted by molar-refractivity contribution is 6.44. The van der Waals surface area contributed by atoms with E-state index in [1.165, 1.54) is 6.92 Å². The molecule has 5 heteroatoms. The Morgan fingerprint density at radius 1 is 1.64 bits per heavy atom. The topological polar surface area (TPSA) is 49.3 Å². The van der Waals surface area contributed by atoms with Gasteiger partial charge in [0.25, 0.3) is 0 Å². The lowest BCUT2D eigenvalue weighted by Gasteiger charge is -2.12. The fourth-order valence-corrected chi connectivity index (χ4v) is 0.446. The summed E-state index contributed by atoms with van der Waals surface area (Å²) in [6.45, 7) is 4.87. The van der Waals surface area contributed by atoms with Crippen molar-refractivity contribution in [1.82, 2.24) is 5.32 Å². The van der Waals surface area contributed by atoms with Gasteiger partial charge in [-0.05, 0) is 6.92 Å². The van der Waals surface area contributed by atoms with Gasteiger partial charge in [-0.25, -0.2) is 0 Å². The molecule has 1 amide bonds. The number of carbonyl (C=O) groups is 1. The van der Waals surface area contributed by atoms with Crippen molar-refractivity contribution >= 4 is 29.1 Å². The van der Waals surface area contributed by atoms with Gasteiger partial charge < -0.3 is 10.4 Å². The minimum atomic E-state index is -1.25. The van der Waals surface area contributed by atoms with Gasteiger partial charge in [0.2, 0.25) is 5.91 Å². The molecule has 0 aromatic rings. The number of aliphatic hydroxyl groups excluding tert-OH is 1. The average molecular weight is 198 g/mol. The lowest BCUT2D eigenvalue weighted by atomic mass is 10.3. The number of hydrogen-bond acceptors (Lipinski definition) is 2. The van der Waals surface area contributed by atoms with Crippen molar-refractivity contribution in [2.24, 2.45) is 0 Å². The molecule has 0 bridgehead atoms. The maximum absolute atomic E-state index is 10.8. The first-order chi connectivity index (χ1) is 4.95. The van der Waals surface area contributed by atoms with Gasteiger partial charge in [0.15, 0.2) is 11.1 Å². The first-order valence-electron chi connectivity index (χ1n) is 2.87. The summed E-state index contributed by atoms with van der Waals surface area (Å²) in [7, 11) is 0. The molecular weight excluding hydrogens is 189 g/mol. The first kappa shape index (κ1) is 10.8. The van der Waals surface area contributed by atoms with E-state index in [-0.39, 0.29) is 5.57 Å². The van der Waals surface area contributed by atoms with Gasteiger partial charge in [0, 0.05) is 5.57 Å². The number of carbonyl (C=O) groups excluding carboxylic acids is 1. The Bertz CT molecular complexity index is 170. The van der Waals surface area contributed by atoms with Crippen molar-refractivity contribution < 1.29 is 9.90 Å². The molecule has 11 heavy (non-hydrogen) atoms. The van der Waals surface area contributed by atoms with Crippen LogP contribution in [0.1, 0.15) is 6.92 Å². The second-order valence-electron chi connectivity index (χ2n) is 2.03. The van der Waals surface area contributed by atoms with Crippen molar-refractivity contribution in [1.29, 1.82) is 0 Å². The van der Waals surface area contributed by atoms with Crippen molar-refractivity contribution in [3.63, 3.8) is 0 Å². The number of alkyl halides is 2. The van der Waals surface area contributed by atoms with Crippen LogP contribution >= 0.6 is 23.2 Å². The third-order valence-electron chi connectivity index (χ3n) is 0.905. The van der Waals surface area contributed by atoms with Gasteiger partial charge in [-0.1, -0.05) is 6.58 Å². The Morgan fingerprint density at radius 3 is 2.36 bits per heavy atom. The molecule has 0 unspecified atom stereocenters. The zero-order valence-corrected chi connectivity index (χ0v) is 7.49. The fourth-order valence-electron chi connectivity index (χ4n) is 0.321. The van der Waals surface area contributed by atoms with Crippen LogP contribution < -0.4 is 5.32 Å². The molecule has 64 valence electrons. The van der Waals surface area contributed by atoms with E-state index < -0.39 is 17.0 Å². The summed E-state index contributed by atoms with van der Waals surface area (Å²) in [4.78, 5) is 9.74. The number of nitrogens with one attached hydrogen (secondary N) is 1. The molecule has 0 aliphatic rings. The standard InChI is InChI=1S/C6H9Cl2NO2/c1-3(2)5(10)9-6(11)4(7)8/h4,6,11H,1H2,2H3,(H,9,10)/t6-/m1/s1. The van der Waals surface area contributed by atoms with Crippen LogP contribution in [-0.4, -0.2) is 22.1 Å². The van der Waals surface area contributed by atoms with Gasteiger partial charge in [0.05, 0.1) is 0 Å². The second kappa shape index (κ2) is 4.59. The lowest BCUT2D eigenvalue weighted by Crippen LogP contribution is -2.39. The van der Waals surface area contributed by atoms with E-state index in [0.717, 1.165) is 0 Å². The van der Waals surface area contributed by atoms with Crippen LogP contribution in [0.25, 0.3) is 0 Å². The molecule has 0 heterocycles. The summed E-state index contributed by atoms with van der Waals surface area (Å²) in [5.74, 6) is -0.469. The van der Waals surface area contributed by atoms with E-state index in [4.69, 9.17) is 28.3 Å². The molecule has 0 saturated heterocycles. The minimum absolute atomic E-state index is 0.290. The molecule has 3 nitrogen and oxygen atoms in total. The normalized spacial score (nSPS) is 12.8. The van der Waals surface area contributed by atoms with Crippen LogP contribution in [0, 0.1) is 0 Å². The molecule has 0 spiro atoms. The molecule has 0 aliphatic carbocycles. The molecule has 0 aromatic heterocycles. The second-order valence-corrected chi connectivity index (χ2v) is 3.20. The third-order valence-corrected chi connectivity index (χ3v) is 1.38. The first-order valence-corrected chi connectivity index (χ1v) is 3.75. The molecule has 0 radical (unpaired) electrons. The Morgan fingerprint density at radius 2 is 2.09 bits per heavy atom. The number of amides is 1. The van der Waals surface area contributed by atoms with Crippen LogP contribution in [0.3, 0.4) is 0 Å². The zero-order chi connectivity index (χ0) is 9.02. The third kappa shape index (κ3) is 4.24. The van der Waals surface area contributed by atoms with Crippen LogP contribution in [0.15, 0.2) is 12.2 Å². The maximum Gasteiger partial charge on any atom is 0.248 e. The van der Waals surface area contributed by atoms with E-state index in [1.807, 2.05) is 0 Å². The van der Waals surface area contributed by atoms with Crippen molar-refractivity contribution in [2.45, 2.75) is 18.0 Å². The predicted octanol–water partition coefficient (Wildman–Crippen LogP) is 0.801. The van der Waals surface area contributed by atoms with Crippen molar-refractivity contribution in [3.05, 3.63) is 12.2 Å².